The molecule has 100 valence electrons. The van der Waals surface area contributed by atoms with Crippen molar-refractivity contribution in [3.63, 3.8) is 0 Å². The minimum absolute atomic E-state index is 0.608. The molecular formula is C17H27N. The second-order valence-corrected chi connectivity index (χ2v) is 6.54. The van der Waals surface area contributed by atoms with Crippen LogP contribution in [-0.2, 0) is 0 Å². The molecule has 0 fully saturated rings. The predicted molar refractivity (Wildman–Crippen MR) is 80.1 cm³/mol. The minimum Gasteiger partial charge on any atom is -0.382 e. The molecule has 0 amide bonds. The summed E-state index contributed by atoms with van der Waals surface area (Å²) in [5, 5.41) is 3.60. The van der Waals surface area contributed by atoms with Crippen molar-refractivity contribution < 1.29 is 0 Å². The molecule has 0 bridgehead atoms. The Balaban J connectivity index is 2.09. The summed E-state index contributed by atoms with van der Waals surface area (Å²) in [7, 11) is 0. The summed E-state index contributed by atoms with van der Waals surface area (Å²) in [5.41, 5.74) is 2.89. The van der Waals surface area contributed by atoms with E-state index in [1.807, 2.05) is 0 Å². The van der Waals surface area contributed by atoms with Crippen molar-refractivity contribution in [2.24, 2.45) is 11.8 Å². The molecule has 3 unspecified atom stereocenters. The van der Waals surface area contributed by atoms with Crippen molar-refractivity contribution in [2.45, 2.75) is 58.9 Å². The summed E-state index contributed by atoms with van der Waals surface area (Å²) in [6.07, 6.45) is 3.96. The van der Waals surface area contributed by atoms with Gasteiger partial charge in [-0.25, -0.2) is 0 Å². The Hall–Kier alpha value is -0.980. The van der Waals surface area contributed by atoms with E-state index in [0.717, 1.165) is 17.8 Å². The van der Waals surface area contributed by atoms with Gasteiger partial charge in [-0.15, -0.1) is 0 Å². The number of anilines is 1. The molecule has 1 nitrogen and oxygen atoms in total. The van der Waals surface area contributed by atoms with Gasteiger partial charge in [-0.2, -0.15) is 0 Å². The van der Waals surface area contributed by atoms with Crippen molar-refractivity contribution in [3.05, 3.63) is 29.8 Å². The van der Waals surface area contributed by atoms with Gasteiger partial charge >= 0.3 is 0 Å². The van der Waals surface area contributed by atoms with Gasteiger partial charge in [0.25, 0.3) is 0 Å². The van der Waals surface area contributed by atoms with Crippen LogP contribution in [0, 0.1) is 11.8 Å². The number of nitrogens with one attached hydrogen (secondary N) is 1. The standard InChI is InChI=1S/C17H27N/c1-12(2)9-13(3)10-15-11-14(4)18-17-8-6-5-7-16(15)17/h5-8,12-15,18H,9-11H2,1-4H3. The molecule has 1 N–H and O–H groups in total. The van der Waals surface area contributed by atoms with Crippen molar-refractivity contribution in [2.75, 3.05) is 5.32 Å². The normalized spacial score (nSPS) is 24.5. The second kappa shape index (κ2) is 5.77. The van der Waals surface area contributed by atoms with Crippen molar-refractivity contribution in [1.82, 2.24) is 0 Å². The third kappa shape index (κ3) is 3.28. The lowest BCUT2D eigenvalue weighted by molar-refractivity contribution is 0.367. The molecule has 1 aromatic carbocycles. The lowest BCUT2D eigenvalue weighted by atomic mass is 9.80. The fraction of sp³-hybridized carbons (Fsp3) is 0.647. The van der Waals surface area contributed by atoms with Crippen molar-refractivity contribution in [3.8, 4) is 0 Å². The zero-order chi connectivity index (χ0) is 13.1. The van der Waals surface area contributed by atoms with E-state index in [2.05, 4.69) is 57.3 Å². The van der Waals surface area contributed by atoms with Gasteiger partial charge < -0.3 is 5.32 Å². The van der Waals surface area contributed by atoms with Gasteiger partial charge in [-0.05, 0) is 55.6 Å². The molecular weight excluding hydrogens is 218 g/mol. The Labute approximate surface area is 112 Å². The Bertz CT molecular complexity index is 383. The van der Waals surface area contributed by atoms with Gasteiger partial charge in [0, 0.05) is 11.7 Å². The summed E-state index contributed by atoms with van der Waals surface area (Å²) in [5.74, 6) is 2.38. The van der Waals surface area contributed by atoms with Crippen LogP contribution in [0.2, 0.25) is 0 Å². The summed E-state index contributed by atoms with van der Waals surface area (Å²) in [6.45, 7) is 9.37. The average Bonchev–Trinajstić information content (AvgIpc) is 2.27. The highest BCUT2D eigenvalue weighted by molar-refractivity contribution is 5.55. The van der Waals surface area contributed by atoms with E-state index >= 15 is 0 Å². The third-order valence-electron chi connectivity index (χ3n) is 4.00. The largest absolute Gasteiger partial charge is 0.382 e. The van der Waals surface area contributed by atoms with Crippen LogP contribution in [0.25, 0.3) is 0 Å². The number of hydrogen-bond donors (Lipinski definition) is 1. The molecule has 0 spiro atoms. The summed E-state index contributed by atoms with van der Waals surface area (Å²) >= 11 is 0. The molecule has 1 aliphatic rings. The van der Waals surface area contributed by atoms with Crippen LogP contribution in [0.4, 0.5) is 5.69 Å². The quantitative estimate of drug-likeness (QED) is 0.783. The molecule has 18 heavy (non-hydrogen) atoms. The maximum Gasteiger partial charge on any atom is 0.0377 e. The SMILES string of the molecule is CC(C)CC(C)CC1CC(C)Nc2ccccc21. The average molecular weight is 245 g/mol. The topological polar surface area (TPSA) is 12.0 Å². The van der Waals surface area contributed by atoms with Crippen LogP contribution in [0.1, 0.15) is 58.4 Å². The van der Waals surface area contributed by atoms with Gasteiger partial charge in [0.15, 0.2) is 0 Å². The zero-order valence-electron chi connectivity index (χ0n) is 12.2. The Morgan fingerprint density at radius 3 is 2.67 bits per heavy atom. The molecule has 0 saturated carbocycles. The first kappa shape index (κ1) is 13.5. The van der Waals surface area contributed by atoms with Gasteiger partial charge in [-0.1, -0.05) is 39.0 Å². The molecule has 0 aromatic heterocycles. The number of para-hydroxylation sites is 1. The van der Waals surface area contributed by atoms with E-state index in [1.54, 1.807) is 0 Å². The molecule has 0 saturated heterocycles. The number of hydrogen-bond acceptors (Lipinski definition) is 1. The monoisotopic (exact) mass is 245 g/mol. The van der Waals surface area contributed by atoms with Crippen molar-refractivity contribution in [1.29, 1.82) is 0 Å². The summed E-state index contributed by atoms with van der Waals surface area (Å²) in [6, 6.07) is 9.46. The van der Waals surface area contributed by atoms with E-state index in [9.17, 15) is 0 Å². The van der Waals surface area contributed by atoms with Gasteiger partial charge in [0.05, 0.1) is 0 Å². The minimum atomic E-state index is 0.608. The highest BCUT2D eigenvalue weighted by Crippen LogP contribution is 2.38. The van der Waals surface area contributed by atoms with Crippen LogP contribution in [-0.4, -0.2) is 6.04 Å². The van der Waals surface area contributed by atoms with Gasteiger partial charge in [0.2, 0.25) is 0 Å². The Morgan fingerprint density at radius 1 is 1.22 bits per heavy atom. The Morgan fingerprint density at radius 2 is 1.94 bits per heavy atom. The number of benzene rings is 1. The lowest BCUT2D eigenvalue weighted by Crippen LogP contribution is -2.26. The first-order valence-electron chi connectivity index (χ1n) is 7.41. The van der Waals surface area contributed by atoms with E-state index in [-0.39, 0.29) is 0 Å². The van der Waals surface area contributed by atoms with E-state index in [1.165, 1.54) is 30.5 Å². The molecule has 1 heteroatoms. The van der Waals surface area contributed by atoms with Crippen molar-refractivity contribution >= 4 is 5.69 Å². The van der Waals surface area contributed by atoms with E-state index in [0.29, 0.717) is 6.04 Å². The predicted octanol–water partition coefficient (Wildman–Crippen LogP) is 5.05. The lowest BCUT2D eigenvalue weighted by Gasteiger charge is -2.33. The van der Waals surface area contributed by atoms with Gasteiger partial charge in [-0.3, -0.25) is 0 Å². The number of fused-ring (bicyclic) bond motifs is 1. The van der Waals surface area contributed by atoms with E-state index < -0.39 is 0 Å². The fourth-order valence-corrected chi connectivity index (χ4v) is 3.47. The smallest absolute Gasteiger partial charge is 0.0377 e. The summed E-state index contributed by atoms with van der Waals surface area (Å²) < 4.78 is 0. The first-order chi connectivity index (χ1) is 8.56. The maximum atomic E-state index is 3.60. The first-order valence-corrected chi connectivity index (χ1v) is 7.41. The molecule has 3 atom stereocenters. The van der Waals surface area contributed by atoms with Crippen LogP contribution in [0.15, 0.2) is 24.3 Å². The van der Waals surface area contributed by atoms with Crippen LogP contribution >= 0.6 is 0 Å². The molecule has 1 aliphatic heterocycles. The molecule has 2 rings (SSSR count). The maximum absolute atomic E-state index is 3.60. The van der Waals surface area contributed by atoms with E-state index in [4.69, 9.17) is 0 Å². The third-order valence-corrected chi connectivity index (χ3v) is 4.00. The molecule has 1 heterocycles. The summed E-state index contributed by atoms with van der Waals surface area (Å²) in [4.78, 5) is 0. The zero-order valence-corrected chi connectivity index (χ0v) is 12.2. The Kier molecular flexibility index (Phi) is 4.31. The molecule has 0 aliphatic carbocycles. The van der Waals surface area contributed by atoms with Gasteiger partial charge in [0.1, 0.15) is 0 Å². The number of rotatable bonds is 4. The van der Waals surface area contributed by atoms with Crippen LogP contribution in [0.3, 0.4) is 0 Å². The molecule has 0 radical (unpaired) electrons. The fourth-order valence-electron chi connectivity index (χ4n) is 3.47. The van der Waals surface area contributed by atoms with Crippen LogP contribution < -0.4 is 5.32 Å². The highest BCUT2D eigenvalue weighted by Gasteiger charge is 2.25. The second-order valence-electron chi connectivity index (χ2n) is 6.54. The highest BCUT2D eigenvalue weighted by atomic mass is 14.9. The molecule has 1 aromatic rings. The van der Waals surface area contributed by atoms with Crippen LogP contribution in [0.5, 0.6) is 0 Å².